The minimum Gasteiger partial charge on any atom is -0.390 e. The van der Waals surface area contributed by atoms with E-state index in [0.29, 0.717) is 0 Å². The summed E-state index contributed by atoms with van der Waals surface area (Å²) in [6.45, 7) is 2.44. The Bertz CT molecular complexity index is 311. The first-order valence-corrected chi connectivity index (χ1v) is 5.60. The van der Waals surface area contributed by atoms with Gasteiger partial charge in [-0.2, -0.15) is 5.10 Å². The van der Waals surface area contributed by atoms with Crippen LogP contribution in [0.15, 0.2) is 6.07 Å². The summed E-state index contributed by atoms with van der Waals surface area (Å²) in [6, 6.07) is 1.97. The molecule has 0 radical (unpaired) electrons. The zero-order valence-corrected chi connectivity index (χ0v) is 9.24. The van der Waals surface area contributed by atoms with Gasteiger partial charge in [-0.3, -0.25) is 5.10 Å². The highest BCUT2D eigenvalue weighted by atomic mass is 16.3. The van der Waals surface area contributed by atoms with Crippen molar-refractivity contribution in [1.29, 1.82) is 0 Å². The predicted molar refractivity (Wildman–Crippen MR) is 58.4 cm³/mol. The van der Waals surface area contributed by atoms with Gasteiger partial charge in [-0.05, 0) is 44.8 Å². The van der Waals surface area contributed by atoms with E-state index in [1.165, 1.54) is 25.9 Å². The van der Waals surface area contributed by atoms with Crippen molar-refractivity contribution in [1.82, 2.24) is 15.1 Å². The fourth-order valence-electron chi connectivity index (χ4n) is 2.33. The number of piperidine rings is 1. The molecule has 0 spiro atoms. The molecule has 2 rings (SSSR count). The first-order chi connectivity index (χ1) is 7.28. The average Bonchev–Trinajstić information content (AvgIpc) is 2.65. The number of hydrogen-bond acceptors (Lipinski definition) is 3. The molecule has 2 N–H and O–H groups in total. The van der Waals surface area contributed by atoms with Gasteiger partial charge in [0, 0.05) is 6.54 Å². The van der Waals surface area contributed by atoms with Gasteiger partial charge in [0.05, 0.1) is 18.0 Å². The first kappa shape index (κ1) is 10.6. The lowest BCUT2D eigenvalue weighted by Gasteiger charge is -2.29. The summed E-state index contributed by atoms with van der Waals surface area (Å²) in [7, 11) is 2.18. The third-order valence-corrected chi connectivity index (χ3v) is 3.07. The van der Waals surface area contributed by atoms with Crippen LogP contribution in [0.1, 0.15) is 24.2 Å². The van der Waals surface area contributed by atoms with E-state index in [2.05, 4.69) is 22.1 Å². The Morgan fingerprint density at radius 1 is 1.67 bits per heavy atom. The number of aliphatic hydroxyl groups excluding tert-OH is 1. The summed E-state index contributed by atoms with van der Waals surface area (Å²) >= 11 is 0. The molecule has 0 amide bonds. The topological polar surface area (TPSA) is 52.1 Å². The summed E-state index contributed by atoms with van der Waals surface area (Å²) < 4.78 is 0. The third kappa shape index (κ3) is 2.79. The van der Waals surface area contributed by atoms with Gasteiger partial charge in [-0.15, -0.1) is 0 Å². The van der Waals surface area contributed by atoms with E-state index in [9.17, 15) is 0 Å². The molecular formula is C11H19N3O. The number of aromatic nitrogens is 2. The summed E-state index contributed by atoms with van der Waals surface area (Å²) in [6.07, 6.45) is 3.62. The highest BCUT2D eigenvalue weighted by Crippen LogP contribution is 2.19. The van der Waals surface area contributed by atoms with Crippen molar-refractivity contribution in [2.45, 2.75) is 25.9 Å². The van der Waals surface area contributed by atoms with Gasteiger partial charge in [0.15, 0.2) is 0 Å². The predicted octanol–water partition coefficient (Wildman–Crippen LogP) is 0.786. The number of likely N-dealkylation sites (tertiary alicyclic amines) is 1. The molecule has 4 heteroatoms. The van der Waals surface area contributed by atoms with Crippen molar-refractivity contribution in [2.24, 2.45) is 5.92 Å². The normalized spacial score (nSPS) is 23.2. The summed E-state index contributed by atoms with van der Waals surface area (Å²) in [5.74, 6) is 0.721. The molecule has 0 saturated carbocycles. The van der Waals surface area contributed by atoms with Crippen LogP contribution in [0.25, 0.3) is 0 Å². The van der Waals surface area contributed by atoms with Crippen molar-refractivity contribution >= 4 is 0 Å². The van der Waals surface area contributed by atoms with Gasteiger partial charge < -0.3 is 10.0 Å². The lowest BCUT2D eigenvalue weighted by Crippen LogP contribution is -2.33. The van der Waals surface area contributed by atoms with Crippen LogP contribution in [-0.2, 0) is 13.0 Å². The Balaban J connectivity index is 1.90. The second-order valence-corrected chi connectivity index (χ2v) is 4.52. The lowest BCUT2D eigenvalue weighted by atomic mass is 9.94. The molecule has 84 valence electrons. The molecule has 1 fully saturated rings. The third-order valence-electron chi connectivity index (χ3n) is 3.07. The molecule has 0 aliphatic carbocycles. The summed E-state index contributed by atoms with van der Waals surface area (Å²) in [5.41, 5.74) is 1.90. The van der Waals surface area contributed by atoms with E-state index in [0.717, 1.165) is 23.7 Å². The zero-order valence-electron chi connectivity index (χ0n) is 9.24. The largest absolute Gasteiger partial charge is 0.390 e. The van der Waals surface area contributed by atoms with Crippen molar-refractivity contribution in [2.75, 3.05) is 20.1 Å². The maximum absolute atomic E-state index is 8.92. The molecule has 1 aromatic rings. The van der Waals surface area contributed by atoms with E-state index < -0.39 is 0 Å². The van der Waals surface area contributed by atoms with Crippen LogP contribution in [0, 0.1) is 5.92 Å². The lowest BCUT2D eigenvalue weighted by molar-refractivity contribution is 0.208. The van der Waals surface area contributed by atoms with E-state index in [-0.39, 0.29) is 6.61 Å². The molecule has 1 saturated heterocycles. The van der Waals surface area contributed by atoms with Crippen molar-refractivity contribution in [3.63, 3.8) is 0 Å². The van der Waals surface area contributed by atoms with Crippen LogP contribution in [0.4, 0.5) is 0 Å². The molecule has 1 aliphatic rings. The SMILES string of the molecule is CN1CCCC(Cc2cc(CO)[nH]n2)C1. The smallest absolute Gasteiger partial charge is 0.0847 e. The van der Waals surface area contributed by atoms with Crippen LogP contribution in [-0.4, -0.2) is 40.3 Å². The molecule has 0 aromatic carbocycles. The molecule has 4 nitrogen and oxygen atoms in total. The van der Waals surface area contributed by atoms with Gasteiger partial charge in [-0.1, -0.05) is 0 Å². The van der Waals surface area contributed by atoms with E-state index in [4.69, 9.17) is 5.11 Å². The maximum Gasteiger partial charge on any atom is 0.0847 e. The van der Waals surface area contributed by atoms with Crippen molar-refractivity contribution < 1.29 is 5.11 Å². The summed E-state index contributed by atoms with van der Waals surface area (Å²) in [5, 5.41) is 16.0. The quantitative estimate of drug-likeness (QED) is 0.773. The molecule has 1 aromatic heterocycles. The highest BCUT2D eigenvalue weighted by molar-refractivity contribution is 5.08. The average molecular weight is 209 g/mol. The molecular weight excluding hydrogens is 190 g/mol. The Hall–Kier alpha value is -0.870. The fourth-order valence-corrected chi connectivity index (χ4v) is 2.33. The number of H-pyrrole nitrogens is 1. The van der Waals surface area contributed by atoms with Gasteiger partial charge in [0.1, 0.15) is 0 Å². The number of nitrogens with one attached hydrogen (secondary N) is 1. The number of nitrogens with zero attached hydrogens (tertiary/aromatic N) is 2. The maximum atomic E-state index is 8.92. The Morgan fingerprint density at radius 2 is 2.53 bits per heavy atom. The number of rotatable bonds is 3. The molecule has 1 unspecified atom stereocenters. The van der Waals surface area contributed by atoms with E-state index in [1.54, 1.807) is 0 Å². The van der Waals surface area contributed by atoms with E-state index in [1.807, 2.05) is 6.07 Å². The van der Waals surface area contributed by atoms with Crippen LogP contribution in [0.5, 0.6) is 0 Å². The van der Waals surface area contributed by atoms with E-state index >= 15 is 0 Å². The Morgan fingerprint density at radius 3 is 3.20 bits per heavy atom. The highest BCUT2D eigenvalue weighted by Gasteiger charge is 2.18. The van der Waals surface area contributed by atoms with Crippen molar-refractivity contribution in [3.05, 3.63) is 17.5 Å². The molecule has 2 heterocycles. The molecule has 0 bridgehead atoms. The summed E-state index contributed by atoms with van der Waals surface area (Å²) in [4.78, 5) is 2.38. The number of aliphatic hydroxyl groups is 1. The van der Waals surface area contributed by atoms with Gasteiger partial charge >= 0.3 is 0 Å². The minimum absolute atomic E-state index is 0.0531. The second-order valence-electron chi connectivity index (χ2n) is 4.52. The second kappa shape index (κ2) is 4.77. The fraction of sp³-hybridized carbons (Fsp3) is 0.727. The van der Waals surface area contributed by atoms with Gasteiger partial charge in [0.2, 0.25) is 0 Å². The van der Waals surface area contributed by atoms with Crippen molar-refractivity contribution in [3.8, 4) is 0 Å². The molecule has 1 aliphatic heterocycles. The van der Waals surface area contributed by atoms with Crippen LogP contribution in [0.3, 0.4) is 0 Å². The Labute approximate surface area is 90.3 Å². The van der Waals surface area contributed by atoms with Gasteiger partial charge in [-0.25, -0.2) is 0 Å². The first-order valence-electron chi connectivity index (χ1n) is 5.60. The van der Waals surface area contributed by atoms with Gasteiger partial charge in [0.25, 0.3) is 0 Å². The van der Waals surface area contributed by atoms with Crippen LogP contribution < -0.4 is 0 Å². The number of aromatic amines is 1. The van der Waals surface area contributed by atoms with Crippen LogP contribution in [0.2, 0.25) is 0 Å². The minimum atomic E-state index is 0.0531. The van der Waals surface area contributed by atoms with Crippen LogP contribution >= 0.6 is 0 Å². The molecule has 1 atom stereocenters. The number of hydrogen-bond donors (Lipinski definition) is 2. The molecule has 15 heavy (non-hydrogen) atoms. The standard InChI is InChI=1S/C11H19N3O/c1-14-4-2-3-9(7-14)5-10-6-11(8-15)13-12-10/h6,9,15H,2-5,7-8H2,1H3,(H,12,13). The monoisotopic (exact) mass is 209 g/mol. The Kier molecular flexibility index (Phi) is 3.38. The zero-order chi connectivity index (χ0) is 10.7.